The summed E-state index contributed by atoms with van der Waals surface area (Å²) in [6.45, 7) is 0. The Kier molecular flexibility index (Phi) is 5.86. The van der Waals surface area contributed by atoms with E-state index in [9.17, 15) is 8.42 Å². The Balaban J connectivity index is 1.72. The highest BCUT2D eigenvalue weighted by Gasteiger charge is 2.18. The number of fused-ring (bicyclic) bond motifs is 1. The van der Waals surface area contributed by atoms with E-state index in [1.807, 2.05) is 0 Å². The number of benzene rings is 3. The summed E-state index contributed by atoms with van der Waals surface area (Å²) in [5.74, 6) is 0.275. The summed E-state index contributed by atoms with van der Waals surface area (Å²) in [6.07, 6.45) is 1.32. The first kappa shape index (κ1) is 21.8. The number of methoxy groups -OCH3 is 2. The number of nitrogens with zero attached hydrogens (tertiary/aromatic N) is 2. The van der Waals surface area contributed by atoms with Crippen LogP contribution in [0.3, 0.4) is 0 Å². The molecular formula is C22H17ClFN3O4S. The molecule has 10 heteroatoms. The van der Waals surface area contributed by atoms with Crippen LogP contribution >= 0.6 is 11.6 Å². The third kappa shape index (κ3) is 4.17. The molecule has 164 valence electrons. The lowest BCUT2D eigenvalue weighted by Crippen LogP contribution is -2.13. The molecule has 32 heavy (non-hydrogen) atoms. The largest absolute Gasteiger partial charge is 0.493 e. The summed E-state index contributed by atoms with van der Waals surface area (Å²) < 4.78 is 53.2. The monoisotopic (exact) mass is 473 g/mol. The summed E-state index contributed by atoms with van der Waals surface area (Å²) >= 11 is 5.81. The van der Waals surface area contributed by atoms with Gasteiger partial charge in [-0.15, -0.1) is 0 Å². The highest BCUT2D eigenvalue weighted by Crippen LogP contribution is 2.36. The van der Waals surface area contributed by atoms with E-state index in [0.29, 0.717) is 33.1 Å². The molecule has 3 aromatic carbocycles. The predicted octanol–water partition coefficient (Wildman–Crippen LogP) is 4.91. The van der Waals surface area contributed by atoms with Gasteiger partial charge in [0.15, 0.2) is 11.5 Å². The average molecular weight is 474 g/mol. The van der Waals surface area contributed by atoms with Gasteiger partial charge >= 0.3 is 0 Å². The van der Waals surface area contributed by atoms with Crippen LogP contribution in [0.5, 0.6) is 11.5 Å². The van der Waals surface area contributed by atoms with E-state index >= 15 is 4.39 Å². The molecule has 0 bridgehead atoms. The van der Waals surface area contributed by atoms with Gasteiger partial charge in [0.2, 0.25) is 0 Å². The summed E-state index contributed by atoms with van der Waals surface area (Å²) in [5, 5.41) is 0.962. The number of halogens is 2. The van der Waals surface area contributed by atoms with Gasteiger partial charge < -0.3 is 9.47 Å². The molecule has 0 atom stereocenters. The van der Waals surface area contributed by atoms with Gasteiger partial charge in [-0.2, -0.15) is 0 Å². The molecule has 7 nitrogen and oxygen atoms in total. The summed E-state index contributed by atoms with van der Waals surface area (Å²) in [5.41, 5.74) is 1.12. The number of hydrogen-bond donors (Lipinski definition) is 1. The Hall–Kier alpha value is -3.43. The smallest absolute Gasteiger partial charge is 0.261 e. The van der Waals surface area contributed by atoms with Crippen molar-refractivity contribution in [1.29, 1.82) is 0 Å². The fourth-order valence-electron chi connectivity index (χ4n) is 3.20. The third-order valence-electron chi connectivity index (χ3n) is 4.74. The van der Waals surface area contributed by atoms with Crippen LogP contribution in [0.4, 0.5) is 10.1 Å². The van der Waals surface area contributed by atoms with Crippen LogP contribution in [0.15, 0.2) is 65.8 Å². The first-order chi connectivity index (χ1) is 15.3. The normalized spacial score (nSPS) is 11.4. The van der Waals surface area contributed by atoms with Gasteiger partial charge in [0.05, 0.1) is 36.0 Å². The lowest BCUT2D eigenvalue weighted by molar-refractivity contribution is 0.356. The number of sulfonamides is 1. The van der Waals surface area contributed by atoms with E-state index in [1.165, 1.54) is 56.9 Å². The highest BCUT2D eigenvalue weighted by atomic mass is 35.5. The van der Waals surface area contributed by atoms with Crippen molar-refractivity contribution in [2.45, 2.75) is 4.90 Å². The van der Waals surface area contributed by atoms with Crippen LogP contribution in [0.25, 0.3) is 22.2 Å². The Morgan fingerprint density at radius 3 is 2.28 bits per heavy atom. The zero-order valence-electron chi connectivity index (χ0n) is 17.0. The van der Waals surface area contributed by atoms with Gasteiger partial charge in [-0.3, -0.25) is 4.72 Å². The molecule has 0 aliphatic rings. The molecule has 0 aliphatic heterocycles. The maximum absolute atomic E-state index is 15.1. The van der Waals surface area contributed by atoms with Gasteiger partial charge in [-0.25, -0.2) is 22.8 Å². The summed E-state index contributed by atoms with van der Waals surface area (Å²) in [6, 6.07) is 13.0. The van der Waals surface area contributed by atoms with E-state index in [0.717, 1.165) is 6.07 Å². The molecule has 1 N–H and O–H groups in total. The van der Waals surface area contributed by atoms with Crippen LogP contribution in [-0.2, 0) is 10.0 Å². The summed E-state index contributed by atoms with van der Waals surface area (Å²) in [7, 11) is -0.903. The molecule has 1 heterocycles. The first-order valence-electron chi connectivity index (χ1n) is 9.27. The fraction of sp³-hybridized carbons (Fsp3) is 0.0909. The van der Waals surface area contributed by atoms with E-state index in [1.54, 1.807) is 12.1 Å². The Morgan fingerprint density at radius 1 is 0.938 bits per heavy atom. The Labute approximate surface area is 188 Å². The minimum Gasteiger partial charge on any atom is -0.493 e. The van der Waals surface area contributed by atoms with E-state index < -0.39 is 15.8 Å². The van der Waals surface area contributed by atoms with Crippen LogP contribution in [0.2, 0.25) is 5.02 Å². The minimum absolute atomic E-state index is 0.00854. The number of aromatic nitrogens is 2. The number of nitrogens with one attached hydrogen (secondary N) is 1. The fourth-order valence-corrected chi connectivity index (χ4v) is 4.37. The molecule has 0 spiro atoms. The second kappa shape index (κ2) is 8.60. The Bertz CT molecular complexity index is 1410. The topological polar surface area (TPSA) is 90.4 Å². The van der Waals surface area contributed by atoms with Crippen LogP contribution in [-0.4, -0.2) is 32.6 Å². The van der Waals surface area contributed by atoms with Crippen molar-refractivity contribution in [1.82, 2.24) is 9.97 Å². The van der Waals surface area contributed by atoms with Crippen molar-refractivity contribution < 1.29 is 22.3 Å². The maximum Gasteiger partial charge on any atom is 0.261 e. The van der Waals surface area contributed by atoms with E-state index in [2.05, 4.69) is 14.7 Å². The van der Waals surface area contributed by atoms with Gasteiger partial charge in [0, 0.05) is 22.0 Å². The molecule has 0 radical (unpaired) electrons. The predicted molar refractivity (Wildman–Crippen MR) is 120 cm³/mol. The lowest BCUT2D eigenvalue weighted by atomic mass is 10.0. The maximum atomic E-state index is 15.1. The molecule has 1 aromatic heterocycles. The molecule has 0 fully saturated rings. The lowest BCUT2D eigenvalue weighted by Gasteiger charge is -2.12. The Morgan fingerprint density at radius 2 is 1.62 bits per heavy atom. The van der Waals surface area contributed by atoms with Crippen molar-refractivity contribution in [3.63, 3.8) is 0 Å². The number of ether oxygens (including phenoxy) is 2. The SMILES string of the molecule is COc1cc2ncnc(-c3ccc(NS(=O)(=O)c4ccc(Cl)cc4)cc3F)c2cc1OC. The van der Waals surface area contributed by atoms with Crippen molar-refractivity contribution in [2.75, 3.05) is 18.9 Å². The average Bonchev–Trinajstić information content (AvgIpc) is 2.78. The number of rotatable bonds is 6. The number of hydrogen-bond acceptors (Lipinski definition) is 6. The van der Waals surface area contributed by atoms with Crippen molar-refractivity contribution in [3.05, 3.63) is 71.8 Å². The zero-order valence-corrected chi connectivity index (χ0v) is 18.5. The molecule has 0 saturated carbocycles. The van der Waals surface area contributed by atoms with Crippen LogP contribution in [0, 0.1) is 5.82 Å². The van der Waals surface area contributed by atoms with Gasteiger partial charge in [-0.05, 0) is 48.5 Å². The van der Waals surface area contributed by atoms with Gasteiger partial charge in [-0.1, -0.05) is 11.6 Å². The molecule has 0 unspecified atom stereocenters. The molecule has 0 aliphatic carbocycles. The van der Waals surface area contributed by atoms with Gasteiger partial charge in [0.25, 0.3) is 10.0 Å². The first-order valence-corrected chi connectivity index (χ1v) is 11.1. The van der Waals surface area contributed by atoms with Crippen molar-refractivity contribution >= 4 is 38.2 Å². The van der Waals surface area contributed by atoms with E-state index in [-0.39, 0.29) is 16.1 Å². The third-order valence-corrected chi connectivity index (χ3v) is 6.39. The zero-order chi connectivity index (χ0) is 22.9. The van der Waals surface area contributed by atoms with Gasteiger partial charge in [0.1, 0.15) is 12.1 Å². The molecule has 0 amide bonds. The standard InChI is InChI=1S/C22H17ClFN3O4S/c1-30-20-10-17-19(11-21(20)31-2)25-12-26-22(17)16-8-5-14(9-18(16)24)27-32(28,29)15-6-3-13(23)4-7-15/h3-12,27H,1-2H3. The minimum atomic E-state index is -3.91. The molecule has 0 saturated heterocycles. The quantitative estimate of drug-likeness (QED) is 0.428. The van der Waals surface area contributed by atoms with Crippen molar-refractivity contribution in [2.24, 2.45) is 0 Å². The summed E-state index contributed by atoms with van der Waals surface area (Å²) in [4.78, 5) is 8.46. The second-order valence-corrected chi connectivity index (χ2v) is 8.82. The molecular weight excluding hydrogens is 457 g/mol. The van der Waals surface area contributed by atoms with Crippen LogP contribution < -0.4 is 14.2 Å². The number of anilines is 1. The second-order valence-electron chi connectivity index (χ2n) is 6.70. The van der Waals surface area contributed by atoms with Crippen LogP contribution in [0.1, 0.15) is 0 Å². The highest BCUT2D eigenvalue weighted by molar-refractivity contribution is 7.92. The van der Waals surface area contributed by atoms with E-state index in [4.69, 9.17) is 21.1 Å². The van der Waals surface area contributed by atoms with Crippen molar-refractivity contribution in [3.8, 4) is 22.8 Å². The molecule has 4 rings (SSSR count). The molecule has 4 aromatic rings.